The van der Waals surface area contributed by atoms with E-state index >= 15 is 0 Å². The summed E-state index contributed by atoms with van der Waals surface area (Å²) in [6.07, 6.45) is 82.9. The number of unbranched alkanes of at least 4 members (excludes halogenated alkanes) is 58. The summed E-state index contributed by atoms with van der Waals surface area (Å²) in [7, 11) is 0. The number of nitrogens with one attached hydrogen (secondary N) is 1. The van der Waals surface area contributed by atoms with Crippen LogP contribution in [0.2, 0.25) is 0 Å². The highest BCUT2D eigenvalue weighted by atomic mass is 16.5. The summed E-state index contributed by atoms with van der Waals surface area (Å²) in [6, 6.07) is -0.542. The Kier molecular flexibility index (Phi) is 67.4. The number of amides is 1. The van der Waals surface area contributed by atoms with Gasteiger partial charge in [0.05, 0.1) is 25.4 Å². The molecule has 0 aliphatic carbocycles. The van der Waals surface area contributed by atoms with Gasteiger partial charge in [-0.2, -0.15) is 0 Å². The highest BCUT2D eigenvalue weighted by Gasteiger charge is 2.20. The summed E-state index contributed by atoms with van der Waals surface area (Å²) < 4.78 is 5.51. The number of aliphatic hydroxyl groups is 2. The first-order valence-corrected chi connectivity index (χ1v) is 36.3. The lowest BCUT2D eigenvalue weighted by atomic mass is 10.0. The molecule has 1 amide bonds. The molecule has 0 aliphatic heterocycles. The molecule has 0 aliphatic rings. The quantitative estimate of drug-likeness (QED) is 0.0417. The lowest BCUT2D eigenvalue weighted by Gasteiger charge is -2.22. The Hall–Kier alpha value is -1.14. The zero-order valence-electron chi connectivity index (χ0n) is 53.4. The number of carbonyl (C=O) groups is 2. The number of esters is 1. The predicted molar refractivity (Wildman–Crippen MR) is 343 cm³/mol. The van der Waals surface area contributed by atoms with Crippen molar-refractivity contribution in [2.24, 2.45) is 0 Å². The molecule has 0 fully saturated rings. The molecule has 2 unspecified atom stereocenters. The minimum atomic E-state index is -0.665. The van der Waals surface area contributed by atoms with Crippen LogP contribution in [0.15, 0.2) is 0 Å². The average molecular weight is 1100 g/mol. The number of rotatable bonds is 69. The van der Waals surface area contributed by atoms with Crippen LogP contribution in [-0.4, -0.2) is 47.4 Å². The maximum Gasteiger partial charge on any atom is 0.305 e. The fourth-order valence-corrected chi connectivity index (χ4v) is 11.9. The van der Waals surface area contributed by atoms with E-state index in [1.54, 1.807) is 0 Å². The number of hydrogen-bond donors (Lipinski definition) is 3. The van der Waals surface area contributed by atoms with E-state index in [0.29, 0.717) is 25.9 Å². The van der Waals surface area contributed by atoms with Crippen molar-refractivity contribution in [1.29, 1.82) is 0 Å². The Balaban J connectivity index is 3.36. The van der Waals surface area contributed by atoms with Crippen molar-refractivity contribution in [3.8, 4) is 0 Å². The van der Waals surface area contributed by atoms with Crippen LogP contribution in [-0.2, 0) is 14.3 Å². The van der Waals surface area contributed by atoms with Gasteiger partial charge >= 0.3 is 5.97 Å². The van der Waals surface area contributed by atoms with Crippen LogP contribution < -0.4 is 5.32 Å². The Morgan fingerprint density at radius 1 is 0.308 bits per heavy atom. The minimum absolute atomic E-state index is 0.0182. The first-order chi connectivity index (χ1) is 38.5. The molecule has 466 valence electrons. The summed E-state index contributed by atoms with van der Waals surface area (Å²) in [6.45, 7) is 5.01. The van der Waals surface area contributed by atoms with Gasteiger partial charge in [-0.25, -0.2) is 0 Å². The molecule has 0 bridgehead atoms. The van der Waals surface area contributed by atoms with E-state index in [2.05, 4.69) is 19.2 Å². The van der Waals surface area contributed by atoms with Crippen LogP contribution in [0, 0.1) is 0 Å². The Morgan fingerprint density at radius 3 is 0.782 bits per heavy atom. The van der Waals surface area contributed by atoms with Crippen LogP contribution in [0.25, 0.3) is 0 Å². The van der Waals surface area contributed by atoms with Crippen molar-refractivity contribution >= 4 is 11.9 Å². The molecule has 0 aromatic rings. The second kappa shape index (κ2) is 68.4. The lowest BCUT2D eigenvalue weighted by molar-refractivity contribution is -0.143. The highest BCUT2D eigenvalue weighted by molar-refractivity contribution is 5.76. The summed E-state index contributed by atoms with van der Waals surface area (Å²) in [5, 5.41) is 23.4. The zero-order chi connectivity index (χ0) is 56.4. The third-order valence-electron chi connectivity index (χ3n) is 17.4. The SMILES string of the molecule is CCCCCCCCCCCCCCCCCCCCCCCCC(O)C(CO)NC(=O)CCCCCCCCCCCCCCCCCCCCCCCOC(=O)CCCCCCCCCCCCCCCCCCCC. The fraction of sp³-hybridized carbons (Fsp3) is 0.972. The first kappa shape index (κ1) is 76.9. The zero-order valence-corrected chi connectivity index (χ0v) is 53.4. The Labute approximate surface area is 489 Å². The molecule has 0 saturated carbocycles. The maximum absolute atomic E-state index is 12.6. The molecule has 78 heavy (non-hydrogen) atoms. The number of hydrogen-bond acceptors (Lipinski definition) is 5. The Bertz CT molecular complexity index is 1130. The van der Waals surface area contributed by atoms with Crippen LogP contribution in [0.1, 0.15) is 425 Å². The molecule has 0 heterocycles. The fourth-order valence-electron chi connectivity index (χ4n) is 11.9. The van der Waals surface area contributed by atoms with Crippen molar-refractivity contribution in [1.82, 2.24) is 5.32 Å². The van der Waals surface area contributed by atoms with Gasteiger partial charge < -0.3 is 20.3 Å². The average Bonchev–Trinajstić information content (AvgIpc) is 3.44. The highest BCUT2D eigenvalue weighted by Crippen LogP contribution is 2.20. The molecule has 0 spiro atoms. The van der Waals surface area contributed by atoms with Crippen molar-refractivity contribution in [3.63, 3.8) is 0 Å². The van der Waals surface area contributed by atoms with Crippen LogP contribution >= 0.6 is 0 Å². The van der Waals surface area contributed by atoms with Crippen molar-refractivity contribution in [3.05, 3.63) is 0 Å². The second-order valence-corrected chi connectivity index (χ2v) is 25.3. The molecule has 0 saturated heterocycles. The standard InChI is InChI=1S/C72H143NO5/c1-3-5-7-9-11-13-15-17-19-21-23-24-26-29-32-36-40-44-48-52-56-60-64-70(75)69(68-74)73-71(76)65-61-57-53-49-45-41-37-33-30-27-25-28-31-35-39-43-47-51-55-59-63-67-78-72(77)66-62-58-54-50-46-42-38-34-22-20-18-16-14-12-10-8-6-4-2/h69-70,74-75H,3-68H2,1-2H3,(H,73,76). The van der Waals surface area contributed by atoms with E-state index in [4.69, 9.17) is 4.74 Å². The van der Waals surface area contributed by atoms with Crippen molar-refractivity contribution in [2.45, 2.75) is 437 Å². The molecular weight excluding hydrogens is 959 g/mol. The van der Waals surface area contributed by atoms with Gasteiger partial charge in [-0.3, -0.25) is 9.59 Å². The van der Waals surface area contributed by atoms with Gasteiger partial charge in [-0.15, -0.1) is 0 Å². The molecule has 3 N–H and O–H groups in total. The molecule has 6 heteroatoms. The summed E-state index contributed by atoms with van der Waals surface area (Å²) >= 11 is 0. The second-order valence-electron chi connectivity index (χ2n) is 25.3. The topological polar surface area (TPSA) is 95.9 Å². The van der Waals surface area contributed by atoms with Gasteiger partial charge in [-0.1, -0.05) is 386 Å². The Morgan fingerprint density at radius 2 is 0.526 bits per heavy atom. The molecule has 0 aromatic carbocycles. The lowest BCUT2D eigenvalue weighted by Crippen LogP contribution is -2.45. The molecular formula is C72H143NO5. The monoisotopic (exact) mass is 1100 g/mol. The van der Waals surface area contributed by atoms with Gasteiger partial charge in [0.15, 0.2) is 0 Å². The van der Waals surface area contributed by atoms with E-state index in [0.717, 1.165) is 38.5 Å². The first-order valence-electron chi connectivity index (χ1n) is 36.3. The van der Waals surface area contributed by atoms with Crippen LogP contribution in [0.4, 0.5) is 0 Å². The smallest absolute Gasteiger partial charge is 0.305 e. The predicted octanol–water partition coefficient (Wildman–Crippen LogP) is 23.4. The van der Waals surface area contributed by atoms with Gasteiger partial charge in [0.25, 0.3) is 0 Å². The summed E-state index contributed by atoms with van der Waals surface area (Å²) in [5.74, 6) is -0.0119. The molecule has 0 rings (SSSR count). The molecule has 0 radical (unpaired) electrons. The van der Waals surface area contributed by atoms with E-state index in [1.165, 1.54) is 353 Å². The third-order valence-corrected chi connectivity index (χ3v) is 17.4. The van der Waals surface area contributed by atoms with E-state index in [9.17, 15) is 19.8 Å². The third kappa shape index (κ3) is 64.0. The van der Waals surface area contributed by atoms with E-state index in [-0.39, 0.29) is 18.5 Å². The largest absolute Gasteiger partial charge is 0.466 e. The summed E-state index contributed by atoms with van der Waals surface area (Å²) in [4.78, 5) is 24.7. The maximum atomic E-state index is 12.6. The minimum Gasteiger partial charge on any atom is -0.466 e. The number of ether oxygens (including phenoxy) is 1. The van der Waals surface area contributed by atoms with Gasteiger partial charge in [0, 0.05) is 12.8 Å². The van der Waals surface area contributed by atoms with Gasteiger partial charge in [0.2, 0.25) is 5.91 Å². The summed E-state index contributed by atoms with van der Waals surface area (Å²) in [5.41, 5.74) is 0. The van der Waals surface area contributed by atoms with Crippen molar-refractivity contribution < 1.29 is 24.5 Å². The van der Waals surface area contributed by atoms with Crippen LogP contribution in [0.5, 0.6) is 0 Å². The van der Waals surface area contributed by atoms with Crippen LogP contribution in [0.3, 0.4) is 0 Å². The normalized spacial score (nSPS) is 12.4. The molecule has 0 aromatic heterocycles. The molecule has 2 atom stereocenters. The van der Waals surface area contributed by atoms with Gasteiger partial charge in [-0.05, 0) is 25.7 Å². The van der Waals surface area contributed by atoms with Crippen molar-refractivity contribution in [2.75, 3.05) is 13.2 Å². The number of aliphatic hydroxyl groups excluding tert-OH is 2. The van der Waals surface area contributed by atoms with Gasteiger partial charge in [0.1, 0.15) is 0 Å². The molecule has 6 nitrogen and oxygen atoms in total. The van der Waals surface area contributed by atoms with E-state index in [1.807, 2.05) is 0 Å². The number of carbonyl (C=O) groups excluding carboxylic acids is 2. The van der Waals surface area contributed by atoms with E-state index < -0.39 is 12.1 Å².